The second kappa shape index (κ2) is 17.8. The fourth-order valence-corrected chi connectivity index (χ4v) is 3.05. The Bertz CT molecular complexity index is 715. The monoisotopic (exact) mass is 480 g/mol. The first kappa shape index (κ1) is 31.3. The van der Waals surface area contributed by atoms with E-state index in [1.54, 1.807) is 0 Å². The summed E-state index contributed by atoms with van der Waals surface area (Å²) in [4.78, 5) is 92.3. The normalized spacial score (nSPS) is 10.7. The molecule has 0 saturated heterocycles. The van der Waals surface area contributed by atoms with Gasteiger partial charge in [-0.15, -0.1) is 0 Å². The van der Waals surface area contributed by atoms with Gasteiger partial charge in [-0.25, -0.2) is 0 Å². The van der Waals surface area contributed by atoms with Crippen LogP contribution in [0.1, 0.15) is 104 Å². The molecule has 9 heteroatoms. The second-order valence-electron chi connectivity index (χ2n) is 8.70. The lowest BCUT2D eigenvalue weighted by molar-refractivity contribution is -0.128. The lowest BCUT2D eigenvalue weighted by atomic mass is 9.99. The van der Waals surface area contributed by atoms with Crippen LogP contribution in [0.5, 0.6) is 0 Å². The highest BCUT2D eigenvalue weighted by molar-refractivity contribution is 5.92. The first-order valence-corrected chi connectivity index (χ1v) is 11.7. The summed E-state index contributed by atoms with van der Waals surface area (Å²) >= 11 is 0. The van der Waals surface area contributed by atoms with Gasteiger partial charge in [0.2, 0.25) is 0 Å². The van der Waals surface area contributed by atoms with Crippen molar-refractivity contribution in [2.45, 2.75) is 110 Å². The van der Waals surface area contributed by atoms with E-state index in [2.05, 4.69) is 0 Å². The van der Waals surface area contributed by atoms with Gasteiger partial charge in [-0.05, 0) is 13.8 Å². The minimum atomic E-state index is -1.20. The van der Waals surface area contributed by atoms with Crippen LogP contribution in [0.3, 0.4) is 0 Å². The average molecular weight is 481 g/mol. The lowest BCUT2D eigenvalue weighted by Gasteiger charge is -2.09. The van der Waals surface area contributed by atoms with Crippen molar-refractivity contribution in [1.82, 2.24) is 0 Å². The van der Waals surface area contributed by atoms with Gasteiger partial charge in [0.05, 0.1) is 6.10 Å². The average Bonchev–Trinajstić information content (AvgIpc) is 2.75. The van der Waals surface area contributed by atoms with Crippen LogP contribution in [0, 0.1) is 0 Å². The maximum absolute atomic E-state index is 11.9. The molecule has 0 rings (SSSR count). The topological polar surface area (TPSA) is 157 Å². The van der Waals surface area contributed by atoms with E-state index in [0.29, 0.717) is 0 Å². The number of aliphatic hydroxyl groups is 1. The summed E-state index contributed by atoms with van der Waals surface area (Å²) in [7, 11) is 0. The van der Waals surface area contributed by atoms with E-state index in [0.717, 1.165) is 0 Å². The molecule has 0 atom stereocenters. The smallest absolute Gasteiger partial charge is 0.135 e. The highest BCUT2D eigenvalue weighted by atomic mass is 16.3. The van der Waals surface area contributed by atoms with Gasteiger partial charge in [0.1, 0.15) is 46.3 Å². The summed E-state index contributed by atoms with van der Waals surface area (Å²) < 4.78 is 0. The SMILES string of the molecule is CC(=O)CCC(=O)CCC(=O)CCC(=O)CC(O)CC(=O)CCC(=O)CCC(=O)CCC(C)=O. The predicted molar refractivity (Wildman–Crippen MR) is 122 cm³/mol. The first-order valence-electron chi connectivity index (χ1n) is 11.7. The summed E-state index contributed by atoms with van der Waals surface area (Å²) in [5.41, 5.74) is 0. The summed E-state index contributed by atoms with van der Waals surface area (Å²) in [6.45, 7) is 2.77. The number of aliphatic hydroxyl groups excluding tert-OH is 1. The third-order valence-corrected chi connectivity index (χ3v) is 5.17. The van der Waals surface area contributed by atoms with Crippen molar-refractivity contribution in [2.75, 3.05) is 0 Å². The molecule has 0 saturated carbocycles. The van der Waals surface area contributed by atoms with Gasteiger partial charge >= 0.3 is 0 Å². The molecule has 0 aliphatic heterocycles. The molecule has 9 nitrogen and oxygen atoms in total. The largest absolute Gasteiger partial charge is 0.392 e. The second-order valence-corrected chi connectivity index (χ2v) is 8.70. The number of hydrogen-bond donors (Lipinski definition) is 1. The third kappa shape index (κ3) is 18.8. The number of carbonyl (C=O) groups is 8. The molecule has 0 aromatic carbocycles. The Morgan fingerprint density at radius 3 is 0.853 bits per heavy atom. The van der Waals surface area contributed by atoms with Gasteiger partial charge in [0, 0.05) is 89.9 Å². The molecule has 0 radical (unpaired) electrons. The minimum absolute atomic E-state index is 0.00140. The first-order chi connectivity index (χ1) is 15.9. The summed E-state index contributed by atoms with van der Waals surface area (Å²) in [6.07, 6.45) is -1.50. The number of ketones is 8. The van der Waals surface area contributed by atoms with Gasteiger partial charge in [0.25, 0.3) is 0 Å². The maximum atomic E-state index is 11.9. The molecule has 34 heavy (non-hydrogen) atoms. The molecule has 0 aliphatic carbocycles. The van der Waals surface area contributed by atoms with Crippen LogP contribution in [0.4, 0.5) is 0 Å². The van der Waals surface area contributed by atoms with Gasteiger partial charge in [0.15, 0.2) is 0 Å². The van der Waals surface area contributed by atoms with E-state index in [4.69, 9.17) is 0 Å². The highest BCUT2D eigenvalue weighted by Crippen LogP contribution is 2.10. The molecular formula is C25H36O9. The molecule has 0 aromatic rings. The van der Waals surface area contributed by atoms with Crippen molar-refractivity contribution < 1.29 is 43.5 Å². The Balaban J connectivity index is 4.01. The number of rotatable bonds is 22. The van der Waals surface area contributed by atoms with Gasteiger partial charge < -0.3 is 14.7 Å². The van der Waals surface area contributed by atoms with Crippen molar-refractivity contribution in [2.24, 2.45) is 0 Å². The molecule has 190 valence electrons. The van der Waals surface area contributed by atoms with Gasteiger partial charge in [-0.3, -0.25) is 28.8 Å². The zero-order valence-corrected chi connectivity index (χ0v) is 20.2. The van der Waals surface area contributed by atoms with Crippen LogP contribution in [0.2, 0.25) is 0 Å². The van der Waals surface area contributed by atoms with Crippen molar-refractivity contribution in [3.63, 3.8) is 0 Å². The molecule has 0 heterocycles. The molecule has 0 bridgehead atoms. The quantitative estimate of drug-likeness (QED) is 0.246. The molecule has 0 unspecified atom stereocenters. The molecule has 0 aliphatic rings. The lowest BCUT2D eigenvalue weighted by Crippen LogP contribution is -2.19. The summed E-state index contributed by atoms with van der Waals surface area (Å²) in [5, 5.41) is 9.92. The van der Waals surface area contributed by atoms with E-state index in [1.165, 1.54) is 13.8 Å². The zero-order valence-electron chi connectivity index (χ0n) is 20.2. The number of carbonyl (C=O) groups excluding carboxylic acids is 8. The van der Waals surface area contributed by atoms with Crippen LogP contribution in [0.15, 0.2) is 0 Å². The predicted octanol–water partition coefficient (Wildman–Crippen LogP) is 2.40. The summed E-state index contributed by atoms with van der Waals surface area (Å²) in [6, 6.07) is 0. The summed E-state index contributed by atoms with van der Waals surface area (Å²) in [5.74, 6) is -1.82. The Morgan fingerprint density at radius 2 is 0.618 bits per heavy atom. The maximum Gasteiger partial charge on any atom is 0.135 e. The van der Waals surface area contributed by atoms with Crippen LogP contribution < -0.4 is 0 Å². The zero-order chi connectivity index (χ0) is 26.1. The fraction of sp³-hybridized carbons (Fsp3) is 0.680. The molecule has 0 aromatic heterocycles. The standard InChI is InChI=1S/C25H36O9/c1-17(26)3-5-19(28)7-9-21(30)11-13-23(32)15-25(34)16-24(33)14-12-22(31)10-8-20(29)6-4-18(2)27/h25,34H,3-16H2,1-2H3. The van der Waals surface area contributed by atoms with E-state index in [-0.39, 0.29) is 136 Å². The molecule has 0 amide bonds. The van der Waals surface area contributed by atoms with Crippen LogP contribution in [0.25, 0.3) is 0 Å². The van der Waals surface area contributed by atoms with Crippen molar-refractivity contribution in [3.05, 3.63) is 0 Å². The molecule has 1 N–H and O–H groups in total. The molecule has 0 fully saturated rings. The number of hydrogen-bond acceptors (Lipinski definition) is 9. The van der Waals surface area contributed by atoms with Crippen molar-refractivity contribution in [3.8, 4) is 0 Å². The fourth-order valence-electron chi connectivity index (χ4n) is 3.05. The number of Topliss-reactive ketones (excluding diaryl/α,β-unsaturated/α-hetero) is 8. The van der Waals surface area contributed by atoms with E-state index >= 15 is 0 Å². The third-order valence-electron chi connectivity index (χ3n) is 5.17. The van der Waals surface area contributed by atoms with Gasteiger partial charge in [-0.1, -0.05) is 0 Å². The van der Waals surface area contributed by atoms with E-state index < -0.39 is 6.10 Å². The Hall–Kier alpha value is -2.68. The van der Waals surface area contributed by atoms with Crippen LogP contribution >= 0.6 is 0 Å². The molecular weight excluding hydrogens is 444 g/mol. The Labute approximate surface area is 200 Å². The highest BCUT2D eigenvalue weighted by Gasteiger charge is 2.17. The van der Waals surface area contributed by atoms with Crippen LogP contribution in [-0.4, -0.2) is 57.5 Å². The van der Waals surface area contributed by atoms with Crippen molar-refractivity contribution >= 4 is 46.3 Å². The Morgan fingerprint density at radius 1 is 0.412 bits per heavy atom. The Kier molecular flexibility index (Phi) is 16.4. The van der Waals surface area contributed by atoms with Crippen molar-refractivity contribution in [1.29, 1.82) is 0 Å². The van der Waals surface area contributed by atoms with E-state index in [1.807, 2.05) is 0 Å². The van der Waals surface area contributed by atoms with Crippen LogP contribution in [-0.2, 0) is 38.4 Å². The molecule has 0 spiro atoms. The van der Waals surface area contributed by atoms with Gasteiger partial charge in [-0.2, -0.15) is 0 Å². The minimum Gasteiger partial charge on any atom is -0.392 e. The van der Waals surface area contributed by atoms with E-state index in [9.17, 15) is 43.5 Å².